The van der Waals surface area contributed by atoms with Crippen molar-refractivity contribution in [3.63, 3.8) is 0 Å². The molecule has 1 aliphatic carbocycles. The molecule has 23 heavy (non-hydrogen) atoms. The van der Waals surface area contributed by atoms with Crippen LogP contribution < -0.4 is 5.32 Å². The predicted molar refractivity (Wildman–Crippen MR) is 79.8 cm³/mol. The van der Waals surface area contributed by atoms with Crippen molar-refractivity contribution >= 4 is 16.9 Å². The lowest BCUT2D eigenvalue weighted by atomic mass is 9.95. The minimum absolute atomic E-state index is 0.0698. The molecule has 2 aromatic rings. The number of halogens is 3. The summed E-state index contributed by atoms with van der Waals surface area (Å²) in [6.07, 6.45) is 0.436. The highest BCUT2D eigenvalue weighted by Gasteiger charge is 2.38. The maximum absolute atomic E-state index is 13.2. The first-order valence-electron chi connectivity index (χ1n) is 7.77. The quantitative estimate of drug-likeness (QED) is 0.939. The van der Waals surface area contributed by atoms with E-state index in [1.165, 1.54) is 6.07 Å². The molecule has 0 bridgehead atoms. The Balaban J connectivity index is 1.84. The van der Waals surface area contributed by atoms with Gasteiger partial charge >= 0.3 is 6.18 Å². The van der Waals surface area contributed by atoms with E-state index in [9.17, 15) is 18.0 Å². The molecule has 0 atom stereocenters. The standard InChI is InChI=1S/C16H18F3N3O/c17-16(18,19)15-21-12-8-4-5-9-13(12)22(15)10-14(23)20-11-6-2-1-3-7-11/h4-5,8-9,11H,1-3,6-7,10H2,(H,20,23). The minimum Gasteiger partial charge on any atom is -0.352 e. The van der Waals surface area contributed by atoms with Gasteiger partial charge in [0.15, 0.2) is 0 Å². The number of para-hydroxylation sites is 2. The first-order chi connectivity index (χ1) is 10.9. The van der Waals surface area contributed by atoms with Crippen LogP contribution in [0, 0.1) is 0 Å². The molecular formula is C16H18F3N3O. The van der Waals surface area contributed by atoms with Gasteiger partial charge in [-0.05, 0) is 25.0 Å². The largest absolute Gasteiger partial charge is 0.449 e. The third kappa shape index (κ3) is 3.48. The molecule has 0 unspecified atom stereocenters. The number of carbonyl (C=O) groups is 1. The Labute approximate surface area is 131 Å². The number of rotatable bonds is 3. The van der Waals surface area contributed by atoms with Gasteiger partial charge in [0.25, 0.3) is 0 Å². The minimum atomic E-state index is -4.59. The number of hydrogen-bond acceptors (Lipinski definition) is 2. The Kier molecular flexibility index (Phi) is 4.28. The number of nitrogens with zero attached hydrogens (tertiary/aromatic N) is 2. The highest BCUT2D eigenvalue weighted by atomic mass is 19.4. The van der Waals surface area contributed by atoms with Gasteiger partial charge in [0.2, 0.25) is 11.7 Å². The van der Waals surface area contributed by atoms with Crippen LogP contribution in [0.2, 0.25) is 0 Å². The third-order valence-electron chi connectivity index (χ3n) is 4.18. The lowest BCUT2D eigenvalue weighted by Gasteiger charge is -2.23. The Morgan fingerprint density at radius 2 is 1.91 bits per heavy atom. The van der Waals surface area contributed by atoms with Gasteiger partial charge < -0.3 is 9.88 Å². The van der Waals surface area contributed by atoms with Gasteiger partial charge in [-0.25, -0.2) is 4.98 Å². The lowest BCUT2D eigenvalue weighted by Crippen LogP contribution is -2.38. The van der Waals surface area contributed by atoms with E-state index in [4.69, 9.17) is 0 Å². The van der Waals surface area contributed by atoms with Crippen LogP contribution in [0.3, 0.4) is 0 Å². The number of alkyl halides is 3. The van der Waals surface area contributed by atoms with Gasteiger partial charge in [0, 0.05) is 6.04 Å². The molecule has 1 aliphatic rings. The summed E-state index contributed by atoms with van der Waals surface area (Å²) in [7, 11) is 0. The summed E-state index contributed by atoms with van der Waals surface area (Å²) in [6, 6.07) is 6.40. The van der Waals surface area contributed by atoms with Crippen molar-refractivity contribution in [2.24, 2.45) is 0 Å². The SMILES string of the molecule is O=C(Cn1c(C(F)(F)F)nc2ccccc21)NC1CCCCC1. The summed E-state index contributed by atoms with van der Waals surface area (Å²) < 4.78 is 40.5. The van der Waals surface area contributed by atoms with Crippen molar-refractivity contribution in [3.8, 4) is 0 Å². The number of hydrogen-bond donors (Lipinski definition) is 1. The zero-order chi connectivity index (χ0) is 16.4. The van der Waals surface area contributed by atoms with Crippen molar-refractivity contribution in [2.75, 3.05) is 0 Å². The molecule has 1 aromatic carbocycles. The second kappa shape index (κ2) is 6.22. The summed E-state index contributed by atoms with van der Waals surface area (Å²) in [5.41, 5.74) is 0.559. The summed E-state index contributed by atoms with van der Waals surface area (Å²) in [5.74, 6) is -1.43. The molecule has 0 spiro atoms. The van der Waals surface area contributed by atoms with Gasteiger partial charge in [0.05, 0.1) is 11.0 Å². The molecule has 0 saturated heterocycles. The number of amides is 1. The topological polar surface area (TPSA) is 46.9 Å². The first kappa shape index (κ1) is 15.8. The average Bonchev–Trinajstić information content (AvgIpc) is 2.87. The Bertz CT molecular complexity index is 702. The van der Waals surface area contributed by atoms with Gasteiger partial charge in [-0.2, -0.15) is 13.2 Å². The van der Waals surface area contributed by atoms with Crippen molar-refractivity contribution < 1.29 is 18.0 Å². The van der Waals surface area contributed by atoms with Crippen LogP contribution in [0.15, 0.2) is 24.3 Å². The van der Waals surface area contributed by atoms with Crippen molar-refractivity contribution in [1.29, 1.82) is 0 Å². The van der Waals surface area contributed by atoms with E-state index in [0.717, 1.165) is 36.7 Å². The van der Waals surface area contributed by atoms with E-state index in [-0.39, 0.29) is 18.1 Å². The molecule has 1 amide bonds. The number of benzene rings is 1. The number of fused-ring (bicyclic) bond motifs is 1. The molecule has 4 nitrogen and oxygen atoms in total. The second-order valence-electron chi connectivity index (χ2n) is 5.91. The predicted octanol–water partition coefficient (Wildman–Crippen LogP) is 3.50. The maximum atomic E-state index is 13.2. The van der Waals surface area contributed by atoms with Gasteiger partial charge in [-0.3, -0.25) is 4.79 Å². The van der Waals surface area contributed by atoms with Crippen LogP contribution >= 0.6 is 0 Å². The van der Waals surface area contributed by atoms with Crippen LogP contribution in [0.25, 0.3) is 11.0 Å². The fourth-order valence-electron chi connectivity index (χ4n) is 3.12. The Morgan fingerprint density at radius 1 is 1.22 bits per heavy atom. The molecule has 0 radical (unpaired) electrons. The zero-order valence-corrected chi connectivity index (χ0v) is 12.6. The fraction of sp³-hybridized carbons (Fsp3) is 0.500. The van der Waals surface area contributed by atoms with Crippen LogP contribution in [-0.2, 0) is 17.5 Å². The van der Waals surface area contributed by atoms with Gasteiger partial charge in [-0.15, -0.1) is 0 Å². The molecule has 1 aromatic heterocycles. The Hall–Kier alpha value is -2.05. The fourth-order valence-corrected chi connectivity index (χ4v) is 3.12. The van der Waals surface area contributed by atoms with E-state index >= 15 is 0 Å². The maximum Gasteiger partial charge on any atom is 0.449 e. The summed E-state index contributed by atoms with van der Waals surface area (Å²) in [6.45, 7) is -0.369. The van der Waals surface area contributed by atoms with Crippen molar-refractivity contribution in [2.45, 2.75) is 50.9 Å². The lowest BCUT2D eigenvalue weighted by molar-refractivity contribution is -0.147. The Morgan fingerprint density at radius 3 is 2.61 bits per heavy atom. The average molecular weight is 325 g/mol. The summed E-state index contributed by atoms with van der Waals surface area (Å²) in [5, 5.41) is 2.85. The highest BCUT2D eigenvalue weighted by Crippen LogP contribution is 2.31. The van der Waals surface area contributed by atoms with Crippen molar-refractivity contribution in [3.05, 3.63) is 30.1 Å². The first-order valence-corrected chi connectivity index (χ1v) is 7.77. The van der Waals surface area contributed by atoms with Crippen molar-refractivity contribution in [1.82, 2.24) is 14.9 Å². The third-order valence-corrected chi connectivity index (χ3v) is 4.18. The van der Waals surface area contributed by atoms with E-state index in [1.807, 2.05) is 0 Å². The summed E-state index contributed by atoms with van der Waals surface area (Å²) in [4.78, 5) is 15.8. The molecule has 7 heteroatoms. The molecule has 1 heterocycles. The van der Waals surface area contributed by atoms with Crippen LogP contribution in [0.5, 0.6) is 0 Å². The van der Waals surface area contributed by atoms with Crippen LogP contribution in [-0.4, -0.2) is 21.5 Å². The molecular weight excluding hydrogens is 307 g/mol. The number of imidazole rings is 1. The molecule has 3 rings (SSSR count). The highest BCUT2D eigenvalue weighted by molar-refractivity contribution is 5.81. The molecule has 0 aliphatic heterocycles. The molecule has 1 N–H and O–H groups in total. The van der Waals surface area contributed by atoms with E-state index in [1.54, 1.807) is 18.2 Å². The smallest absolute Gasteiger partial charge is 0.352 e. The zero-order valence-electron chi connectivity index (χ0n) is 12.6. The molecule has 1 saturated carbocycles. The van der Waals surface area contributed by atoms with Gasteiger partial charge in [-0.1, -0.05) is 31.4 Å². The van der Waals surface area contributed by atoms with Crippen LogP contribution in [0.4, 0.5) is 13.2 Å². The number of nitrogens with one attached hydrogen (secondary N) is 1. The van der Waals surface area contributed by atoms with Crippen LogP contribution in [0.1, 0.15) is 37.9 Å². The molecule has 124 valence electrons. The number of aromatic nitrogens is 2. The summed E-state index contributed by atoms with van der Waals surface area (Å²) >= 11 is 0. The van der Waals surface area contributed by atoms with Gasteiger partial charge in [0.1, 0.15) is 6.54 Å². The monoisotopic (exact) mass is 325 g/mol. The van der Waals surface area contributed by atoms with E-state index in [2.05, 4.69) is 10.3 Å². The normalized spacial score (nSPS) is 16.7. The number of carbonyl (C=O) groups excluding carboxylic acids is 1. The van der Waals surface area contributed by atoms with E-state index < -0.39 is 17.9 Å². The second-order valence-corrected chi connectivity index (χ2v) is 5.91. The van der Waals surface area contributed by atoms with E-state index in [0.29, 0.717) is 5.52 Å². The molecule has 1 fully saturated rings.